The largest absolute Gasteiger partial charge is 0.453 e. The molecule has 37 heavy (non-hydrogen) atoms. The van der Waals surface area contributed by atoms with Crippen LogP contribution in [0.3, 0.4) is 0 Å². The van der Waals surface area contributed by atoms with Crippen molar-refractivity contribution in [2.45, 2.75) is 6.10 Å². The quantitative estimate of drug-likeness (QED) is 0.124. The summed E-state index contributed by atoms with van der Waals surface area (Å²) in [6.07, 6.45) is 1.25. The van der Waals surface area contributed by atoms with Gasteiger partial charge in [-0.1, -0.05) is 54.6 Å². The summed E-state index contributed by atoms with van der Waals surface area (Å²) in [5.74, 6) is -5.68. The molecule has 1 amide bonds. The molecule has 0 aromatic heterocycles. The van der Waals surface area contributed by atoms with Crippen LogP contribution in [0.2, 0.25) is 0 Å². The van der Waals surface area contributed by atoms with Crippen molar-refractivity contribution in [3.8, 4) is 6.07 Å². The summed E-state index contributed by atoms with van der Waals surface area (Å²) in [5.41, 5.74) is 0.344. The third-order valence-corrected chi connectivity index (χ3v) is 5.66. The van der Waals surface area contributed by atoms with E-state index in [1.165, 1.54) is 18.2 Å². The second-order valence-electron chi connectivity index (χ2n) is 7.95. The first-order valence-electron chi connectivity index (χ1n) is 10.9. The zero-order chi connectivity index (χ0) is 26.5. The summed E-state index contributed by atoms with van der Waals surface area (Å²) in [7, 11) is 0. The molecule has 0 saturated carbocycles. The van der Waals surface area contributed by atoms with E-state index in [0.717, 1.165) is 24.3 Å². The van der Waals surface area contributed by atoms with Gasteiger partial charge in [-0.3, -0.25) is 24.5 Å². The number of allylic oxidation sites excluding steroid dienone is 1. The Bertz CT molecular complexity index is 1510. The number of anilines is 1. The maximum atomic E-state index is 13.3. The molecular weight excluding hydrogens is 478 g/mol. The Balaban J connectivity index is 1.67. The number of Topliss-reactive ketones (excluding diaryl/α,β-unsaturated/α-hetero) is 1. The van der Waals surface area contributed by atoms with Gasteiger partial charge in [-0.25, -0.2) is 4.79 Å². The molecule has 0 saturated heterocycles. The van der Waals surface area contributed by atoms with E-state index >= 15 is 0 Å². The number of hydrogen-bond acceptors (Lipinski definition) is 8. The minimum absolute atomic E-state index is 0.152. The third kappa shape index (κ3) is 5.16. The average Bonchev–Trinajstić information content (AvgIpc) is 3.24. The Kier molecular flexibility index (Phi) is 6.97. The van der Waals surface area contributed by atoms with Crippen molar-refractivity contribution in [2.24, 2.45) is 5.92 Å². The van der Waals surface area contributed by atoms with Crippen LogP contribution >= 0.6 is 0 Å². The maximum absolute atomic E-state index is 13.3. The summed E-state index contributed by atoms with van der Waals surface area (Å²) in [4.78, 5) is 62.2. The van der Waals surface area contributed by atoms with Gasteiger partial charge in [0.05, 0.1) is 21.7 Å². The molecule has 3 aromatic carbocycles. The van der Waals surface area contributed by atoms with Crippen LogP contribution in [0.25, 0.3) is 6.08 Å². The van der Waals surface area contributed by atoms with Crippen molar-refractivity contribution < 1.29 is 28.8 Å². The number of amides is 1. The molecule has 0 spiro atoms. The van der Waals surface area contributed by atoms with Crippen LogP contribution in [0.15, 0.2) is 78.9 Å². The number of carbonyl (C=O) groups is 4. The Hall–Kier alpha value is -5.43. The lowest BCUT2D eigenvalue weighted by atomic mass is 9.86. The number of non-ortho nitro benzene ring substituents is 1. The minimum atomic E-state index is -1.71. The fraction of sp³-hybridized carbons (Fsp3) is 0.0741. The highest BCUT2D eigenvalue weighted by Gasteiger charge is 2.45. The third-order valence-electron chi connectivity index (χ3n) is 5.66. The molecule has 0 unspecified atom stereocenters. The van der Waals surface area contributed by atoms with E-state index in [1.807, 2.05) is 0 Å². The molecule has 3 aromatic rings. The van der Waals surface area contributed by atoms with Gasteiger partial charge in [0.15, 0.2) is 5.78 Å². The van der Waals surface area contributed by atoms with Crippen molar-refractivity contribution in [2.75, 3.05) is 5.32 Å². The molecule has 1 N–H and O–H groups in total. The maximum Gasteiger partial charge on any atom is 0.339 e. The molecule has 0 fully saturated rings. The molecule has 4 rings (SSSR count). The topological polar surface area (TPSA) is 156 Å². The van der Waals surface area contributed by atoms with Gasteiger partial charge in [-0.05, 0) is 23.8 Å². The second-order valence-corrected chi connectivity index (χ2v) is 7.95. The fourth-order valence-corrected chi connectivity index (χ4v) is 3.86. The van der Waals surface area contributed by atoms with E-state index in [1.54, 1.807) is 48.5 Å². The molecule has 10 heteroatoms. The van der Waals surface area contributed by atoms with E-state index in [4.69, 9.17) is 4.74 Å². The summed E-state index contributed by atoms with van der Waals surface area (Å²) in [6, 6.07) is 19.8. The van der Waals surface area contributed by atoms with Gasteiger partial charge < -0.3 is 10.1 Å². The number of ether oxygens (including phenoxy) is 1. The number of nitro benzene ring substituents is 1. The minimum Gasteiger partial charge on any atom is -0.453 e. The number of cyclic esters (lactones) is 1. The second kappa shape index (κ2) is 10.5. The highest BCUT2D eigenvalue weighted by molar-refractivity contribution is 6.45. The molecule has 1 aliphatic heterocycles. The molecule has 0 aliphatic carbocycles. The first-order chi connectivity index (χ1) is 17.8. The number of rotatable bonds is 8. The highest BCUT2D eigenvalue weighted by Crippen LogP contribution is 2.37. The van der Waals surface area contributed by atoms with Crippen LogP contribution in [0, 0.1) is 27.4 Å². The number of carbonyl (C=O) groups excluding carboxylic acids is 4. The van der Waals surface area contributed by atoms with Crippen LogP contribution in [-0.4, -0.2) is 28.4 Å². The number of nitriles is 1. The van der Waals surface area contributed by atoms with E-state index in [0.29, 0.717) is 5.56 Å². The lowest BCUT2D eigenvalue weighted by Gasteiger charge is -2.20. The predicted octanol–water partition coefficient (Wildman–Crippen LogP) is 3.78. The van der Waals surface area contributed by atoms with Gasteiger partial charge in [0, 0.05) is 17.7 Å². The molecule has 1 aliphatic rings. The van der Waals surface area contributed by atoms with Crippen molar-refractivity contribution >= 4 is 40.9 Å². The van der Waals surface area contributed by atoms with Crippen LogP contribution in [0.1, 0.15) is 33.2 Å². The van der Waals surface area contributed by atoms with Crippen molar-refractivity contribution in [3.63, 3.8) is 0 Å². The van der Waals surface area contributed by atoms with Gasteiger partial charge >= 0.3 is 5.97 Å². The average molecular weight is 495 g/mol. The van der Waals surface area contributed by atoms with Crippen LogP contribution in [-0.2, 0) is 19.1 Å². The number of nitrogens with one attached hydrogen (secondary N) is 1. The number of nitrogens with zero attached hydrogens (tertiary/aromatic N) is 2. The zero-order valence-electron chi connectivity index (χ0n) is 19.0. The SMILES string of the molecule is N#Cc1cc([N+](=O)[O-])ccc1NC(=O)C(=O)[C@H](C(=O)/C=C/c1ccccc1)[C@@H]1OC(=O)c2ccccc21. The summed E-state index contributed by atoms with van der Waals surface area (Å²) in [6.45, 7) is 0. The van der Waals surface area contributed by atoms with Gasteiger partial charge in [-0.15, -0.1) is 0 Å². The number of fused-ring (bicyclic) bond motifs is 1. The van der Waals surface area contributed by atoms with Crippen molar-refractivity contribution in [1.82, 2.24) is 0 Å². The lowest BCUT2D eigenvalue weighted by molar-refractivity contribution is -0.384. The summed E-state index contributed by atoms with van der Waals surface area (Å²) >= 11 is 0. The van der Waals surface area contributed by atoms with Crippen molar-refractivity contribution in [1.29, 1.82) is 5.26 Å². The Morgan fingerprint density at radius 2 is 1.76 bits per heavy atom. The van der Waals surface area contributed by atoms with Crippen LogP contribution in [0.4, 0.5) is 11.4 Å². The van der Waals surface area contributed by atoms with Gasteiger partial charge in [-0.2, -0.15) is 5.26 Å². The molecule has 0 radical (unpaired) electrons. The molecule has 182 valence electrons. The molecule has 0 bridgehead atoms. The van der Waals surface area contributed by atoms with Gasteiger partial charge in [0.1, 0.15) is 18.1 Å². The predicted molar refractivity (Wildman–Crippen MR) is 130 cm³/mol. The summed E-state index contributed by atoms with van der Waals surface area (Å²) in [5, 5.41) is 22.6. The number of hydrogen-bond donors (Lipinski definition) is 1. The molecular formula is C27H17N3O7. The standard InChI is InChI=1S/C27H17N3O7/c28-15-17-14-18(30(35)36)11-12-21(17)29-26(33)24(32)23(22(31)13-10-16-6-2-1-3-7-16)25-19-8-4-5-9-20(19)27(34)37-25/h1-14,23,25H,(H,29,33)/b13-10+/t23-,25+/m0/s1. The number of esters is 1. The van der Waals surface area contributed by atoms with Gasteiger partial charge in [0.25, 0.3) is 11.6 Å². The lowest BCUT2D eigenvalue weighted by Crippen LogP contribution is -2.37. The summed E-state index contributed by atoms with van der Waals surface area (Å²) < 4.78 is 5.35. The number of benzene rings is 3. The number of nitro groups is 1. The van der Waals surface area contributed by atoms with E-state index in [2.05, 4.69) is 5.32 Å². The normalized spacial score (nSPS) is 14.8. The fourth-order valence-electron chi connectivity index (χ4n) is 3.86. The Labute approximate surface area is 209 Å². The van der Waals surface area contributed by atoms with E-state index in [9.17, 15) is 34.6 Å². The first-order valence-corrected chi connectivity index (χ1v) is 10.9. The molecule has 10 nitrogen and oxygen atoms in total. The first kappa shape index (κ1) is 24.7. The monoisotopic (exact) mass is 495 g/mol. The van der Waals surface area contributed by atoms with Gasteiger partial charge in [0.2, 0.25) is 5.78 Å². The number of ketones is 2. The zero-order valence-corrected chi connectivity index (χ0v) is 19.0. The molecule has 1 heterocycles. The molecule has 2 atom stereocenters. The van der Waals surface area contributed by atoms with E-state index in [-0.39, 0.29) is 28.1 Å². The van der Waals surface area contributed by atoms with Crippen LogP contribution < -0.4 is 5.32 Å². The Morgan fingerprint density at radius 3 is 2.46 bits per heavy atom. The van der Waals surface area contributed by atoms with E-state index < -0.39 is 40.4 Å². The highest BCUT2D eigenvalue weighted by atomic mass is 16.6. The van der Waals surface area contributed by atoms with Crippen molar-refractivity contribution in [3.05, 3.63) is 111 Å². The van der Waals surface area contributed by atoms with Crippen LogP contribution in [0.5, 0.6) is 0 Å². The Morgan fingerprint density at radius 1 is 1.05 bits per heavy atom. The smallest absolute Gasteiger partial charge is 0.339 e.